The molecule has 0 saturated heterocycles. The molecule has 2 aliphatic rings. The van der Waals surface area contributed by atoms with Crippen molar-refractivity contribution >= 4 is 20.6 Å². The number of fused-ring (bicyclic) bond motifs is 2. The van der Waals surface area contributed by atoms with E-state index in [4.69, 9.17) is 0 Å². The Bertz CT molecular complexity index is 767. The van der Waals surface area contributed by atoms with Gasteiger partial charge in [0.1, 0.15) is 0 Å². The second-order valence-corrected chi connectivity index (χ2v) is 10.7. The van der Waals surface area contributed by atoms with E-state index in [1.54, 1.807) is 18.2 Å². The maximum Gasteiger partial charge on any atom is 0.200 e. The van der Waals surface area contributed by atoms with Crippen molar-refractivity contribution < 1.29 is 17.7 Å². The zero-order valence-corrected chi connectivity index (χ0v) is 15.6. The normalized spacial score (nSPS) is 33.1. The molecule has 2 fully saturated rings. The number of aliphatic hydroxyl groups excluding tert-OH is 1. The molecule has 0 aliphatic heterocycles. The molecule has 1 aromatic rings. The Morgan fingerprint density at radius 1 is 1.29 bits per heavy atom. The lowest BCUT2D eigenvalue weighted by Crippen LogP contribution is -2.43. The van der Waals surface area contributed by atoms with Crippen LogP contribution >= 0.6 is 0 Å². The van der Waals surface area contributed by atoms with E-state index in [9.17, 15) is 17.7 Å². The van der Waals surface area contributed by atoms with Gasteiger partial charge in [-0.1, -0.05) is 32.0 Å². The predicted molar refractivity (Wildman–Crippen MR) is 95.3 cm³/mol. The third-order valence-corrected chi connectivity index (χ3v) is 9.08. The first-order valence-electron chi connectivity index (χ1n) is 8.23. The van der Waals surface area contributed by atoms with Gasteiger partial charge < -0.3 is 5.11 Å². The van der Waals surface area contributed by atoms with Crippen LogP contribution in [0.25, 0.3) is 0 Å². The molecule has 1 aromatic carbocycles. The Morgan fingerprint density at radius 2 is 1.96 bits per heavy atom. The van der Waals surface area contributed by atoms with E-state index >= 15 is 0 Å². The smallest absolute Gasteiger partial charge is 0.200 e. The average molecular weight is 369 g/mol. The number of hydrogen-bond donors (Lipinski definition) is 1. The van der Waals surface area contributed by atoms with Crippen LogP contribution in [0.2, 0.25) is 0 Å². The van der Waals surface area contributed by atoms with Gasteiger partial charge in [0.25, 0.3) is 0 Å². The second kappa shape index (κ2) is 6.07. The summed E-state index contributed by atoms with van der Waals surface area (Å²) in [6, 6.07) is 8.11. The molecule has 2 bridgehead atoms. The van der Waals surface area contributed by atoms with Crippen molar-refractivity contribution in [3.8, 4) is 0 Å². The molecule has 4 nitrogen and oxygen atoms in total. The van der Waals surface area contributed by atoms with E-state index in [2.05, 4.69) is 13.8 Å². The number of benzene rings is 1. The zero-order valence-electron chi connectivity index (χ0n) is 14.0. The standard InChI is InChI=1S/C18H24O4S2/c1-17(2)14-8-9-18(17,16(19)12-14)13-23(20)10-11-24(21,22)15-6-4-3-5-7-15/h3-7,10-11,14,16,19H,8-9,12-13H2,1-2H3/b11-10-/t14-,16-,18-,23?/m1/s1. The fourth-order valence-electron chi connectivity index (χ4n) is 4.51. The van der Waals surface area contributed by atoms with Gasteiger partial charge in [0.05, 0.1) is 11.0 Å². The Hall–Kier alpha value is -0.980. The molecule has 0 heterocycles. The Morgan fingerprint density at radius 3 is 2.50 bits per heavy atom. The van der Waals surface area contributed by atoms with Crippen LogP contribution in [0.4, 0.5) is 0 Å². The van der Waals surface area contributed by atoms with E-state index in [-0.39, 0.29) is 15.7 Å². The quantitative estimate of drug-likeness (QED) is 0.867. The Balaban J connectivity index is 1.77. The van der Waals surface area contributed by atoms with Crippen LogP contribution in [0.3, 0.4) is 0 Å². The summed E-state index contributed by atoms with van der Waals surface area (Å²) in [5.41, 5.74) is -0.433. The molecule has 1 unspecified atom stereocenters. The first-order chi connectivity index (χ1) is 11.2. The topological polar surface area (TPSA) is 71.4 Å². The first kappa shape index (κ1) is 17.8. The summed E-state index contributed by atoms with van der Waals surface area (Å²) in [5, 5.41) is 12.8. The van der Waals surface area contributed by atoms with E-state index in [1.807, 2.05) is 0 Å². The van der Waals surface area contributed by atoms with Crippen molar-refractivity contribution in [2.75, 3.05) is 5.75 Å². The minimum atomic E-state index is -3.58. The highest BCUT2D eigenvalue weighted by Gasteiger charge is 2.63. The highest BCUT2D eigenvalue weighted by atomic mass is 32.2. The van der Waals surface area contributed by atoms with Crippen molar-refractivity contribution in [2.45, 2.75) is 44.1 Å². The summed E-state index contributed by atoms with van der Waals surface area (Å²) in [6.07, 6.45) is 2.22. The molecule has 0 radical (unpaired) electrons. The zero-order chi connectivity index (χ0) is 17.6. The molecule has 3 rings (SSSR count). The lowest BCUT2D eigenvalue weighted by atomic mass is 9.70. The van der Waals surface area contributed by atoms with Gasteiger partial charge in [-0.05, 0) is 42.7 Å². The largest absolute Gasteiger partial charge is 0.392 e. The minimum Gasteiger partial charge on any atom is -0.392 e. The van der Waals surface area contributed by atoms with E-state index in [1.165, 1.54) is 17.5 Å². The summed E-state index contributed by atoms with van der Waals surface area (Å²) < 4.78 is 37.0. The molecule has 132 valence electrons. The van der Waals surface area contributed by atoms with Gasteiger partial charge in [-0.15, -0.1) is 0 Å². The SMILES string of the molecule is CC1(C)[C@@H]2CC[C@@]1(CS(=O)/C=C\S(=O)(=O)c1ccccc1)[C@H](O)C2. The highest BCUT2D eigenvalue weighted by molar-refractivity contribution is 7.95. The van der Waals surface area contributed by atoms with Gasteiger partial charge in [-0.3, -0.25) is 4.21 Å². The lowest BCUT2D eigenvalue weighted by molar-refractivity contribution is 0.0162. The summed E-state index contributed by atoms with van der Waals surface area (Å²) in [6.45, 7) is 4.28. The first-order valence-corrected chi connectivity index (χ1v) is 11.2. The lowest BCUT2D eigenvalue weighted by Gasteiger charge is -2.39. The molecule has 1 N–H and O–H groups in total. The Kier molecular flexibility index (Phi) is 4.51. The summed E-state index contributed by atoms with van der Waals surface area (Å²) in [4.78, 5) is 0.193. The monoisotopic (exact) mass is 368 g/mol. The predicted octanol–water partition coefficient (Wildman–Crippen LogP) is 2.87. The van der Waals surface area contributed by atoms with Crippen molar-refractivity contribution in [1.29, 1.82) is 0 Å². The van der Waals surface area contributed by atoms with Gasteiger partial charge in [-0.25, -0.2) is 8.42 Å². The third kappa shape index (κ3) is 2.78. The minimum absolute atomic E-state index is 0.0613. The molecule has 4 atom stereocenters. The molecule has 0 amide bonds. The summed E-state index contributed by atoms with van der Waals surface area (Å²) >= 11 is 0. The summed E-state index contributed by atoms with van der Waals surface area (Å²) in [7, 11) is -5.01. The molecule has 2 saturated carbocycles. The number of rotatable bonds is 5. The van der Waals surface area contributed by atoms with E-state index < -0.39 is 26.7 Å². The second-order valence-electron chi connectivity index (χ2n) is 7.52. The number of sulfone groups is 1. The van der Waals surface area contributed by atoms with Crippen molar-refractivity contribution in [1.82, 2.24) is 0 Å². The number of aliphatic hydroxyl groups is 1. The summed E-state index contributed by atoms with van der Waals surface area (Å²) in [5.74, 6) is 0.778. The molecule has 0 aromatic heterocycles. The highest BCUT2D eigenvalue weighted by Crippen LogP contribution is 2.65. The van der Waals surface area contributed by atoms with Gasteiger partial charge in [0.15, 0.2) is 9.84 Å². The molecule has 24 heavy (non-hydrogen) atoms. The fraction of sp³-hybridized carbons (Fsp3) is 0.556. The fourth-order valence-corrected chi connectivity index (χ4v) is 7.59. The van der Waals surface area contributed by atoms with Gasteiger partial charge >= 0.3 is 0 Å². The van der Waals surface area contributed by atoms with Gasteiger partial charge in [-0.2, -0.15) is 0 Å². The molecular formula is C18H24O4S2. The number of hydrogen-bond acceptors (Lipinski definition) is 4. The van der Waals surface area contributed by atoms with Crippen LogP contribution in [-0.4, -0.2) is 29.6 Å². The molecule has 6 heteroatoms. The third-order valence-electron chi connectivity index (χ3n) is 6.25. The molecule has 0 spiro atoms. The van der Waals surface area contributed by atoms with Crippen LogP contribution in [0.15, 0.2) is 46.0 Å². The van der Waals surface area contributed by atoms with Crippen LogP contribution in [0, 0.1) is 16.7 Å². The van der Waals surface area contributed by atoms with E-state index in [0.717, 1.165) is 24.7 Å². The molecule has 2 aliphatic carbocycles. The van der Waals surface area contributed by atoms with Crippen molar-refractivity contribution in [2.24, 2.45) is 16.7 Å². The van der Waals surface area contributed by atoms with Gasteiger partial charge in [0.2, 0.25) is 0 Å². The maximum atomic E-state index is 12.5. The van der Waals surface area contributed by atoms with Gasteiger partial charge in [0, 0.05) is 32.8 Å². The maximum absolute atomic E-state index is 12.5. The van der Waals surface area contributed by atoms with Crippen LogP contribution in [0.5, 0.6) is 0 Å². The van der Waals surface area contributed by atoms with Crippen LogP contribution in [-0.2, 0) is 20.6 Å². The van der Waals surface area contributed by atoms with E-state index in [0.29, 0.717) is 11.7 Å². The van der Waals surface area contributed by atoms with Crippen LogP contribution in [0.1, 0.15) is 33.1 Å². The van der Waals surface area contributed by atoms with Crippen LogP contribution < -0.4 is 0 Å². The Labute approximate surface area is 146 Å². The molecular weight excluding hydrogens is 344 g/mol. The van der Waals surface area contributed by atoms with Crippen molar-refractivity contribution in [3.05, 3.63) is 41.1 Å². The van der Waals surface area contributed by atoms with Crippen molar-refractivity contribution in [3.63, 3.8) is 0 Å². The average Bonchev–Trinajstić information content (AvgIpc) is 2.88.